The molecule has 1 aliphatic rings. The SMILES string of the molecule is COc1ccccc1N1CCN(CCN(C(=O)c2ccc(F)cc2)c2ccccn2)CC1.Cl.Cl. The highest BCUT2D eigenvalue weighted by Gasteiger charge is 2.23. The molecule has 2 aromatic carbocycles. The molecule has 182 valence electrons. The Morgan fingerprint density at radius 2 is 1.65 bits per heavy atom. The van der Waals surface area contributed by atoms with Gasteiger partial charge in [0.2, 0.25) is 0 Å². The molecule has 0 saturated carbocycles. The molecular weight excluding hydrogens is 478 g/mol. The van der Waals surface area contributed by atoms with Crippen LogP contribution in [-0.2, 0) is 0 Å². The maximum absolute atomic E-state index is 13.3. The molecule has 1 aliphatic heterocycles. The molecule has 4 rings (SSSR count). The van der Waals surface area contributed by atoms with E-state index in [-0.39, 0.29) is 36.5 Å². The number of rotatable bonds is 7. The van der Waals surface area contributed by atoms with E-state index in [1.54, 1.807) is 18.2 Å². The van der Waals surface area contributed by atoms with Gasteiger partial charge in [0.25, 0.3) is 5.91 Å². The van der Waals surface area contributed by atoms with Gasteiger partial charge >= 0.3 is 0 Å². The summed E-state index contributed by atoms with van der Waals surface area (Å²) in [7, 11) is 1.69. The molecule has 1 aromatic heterocycles. The highest BCUT2D eigenvalue weighted by molar-refractivity contribution is 6.05. The van der Waals surface area contributed by atoms with Crippen LogP contribution in [0.25, 0.3) is 0 Å². The summed E-state index contributed by atoms with van der Waals surface area (Å²) in [5.41, 5.74) is 1.55. The van der Waals surface area contributed by atoms with Crippen LogP contribution in [0.15, 0.2) is 72.9 Å². The fourth-order valence-corrected chi connectivity index (χ4v) is 3.93. The molecule has 0 N–H and O–H groups in total. The quantitative estimate of drug-likeness (QED) is 0.470. The summed E-state index contributed by atoms with van der Waals surface area (Å²) in [6.45, 7) is 4.77. The Kier molecular flexibility index (Phi) is 10.6. The minimum absolute atomic E-state index is 0. The molecule has 0 radical (unpaired) electrons. The fraction of sp³-hybridized carbons (Fsp3) is 0.280. The van der Waals surface area contributed by atoms with E-state index in [4.69, 9.17) is 4.74 Å². The standard InChI is InChI=1S/C25H27FN4O2.2ClH/c1-32-23-7-3-2-6-22(23)29-17-14-28(15-18-29)16-19-30(24-8-4-5-13-27-24)25(31)20-9-11-21(26)12-10-20;;/h2-13H,14-19H2,1H3;2*1H. The van der Waals surface area contributed by atoms with Crippen molar-refractivity contribution in [3.63, 3.8) is 0 Å². The lowest BCUT2D eigenvalue weighted by Crippen LogP contribution is -2.49. The predicted molar refractivity (Wildman–Crippen MR) is 138 cm³/mol. The molecule has 0 atom stereocenters. The molecule has 1 saturated heterocycles. The summed E-state index contributed by atoms with van der Waals surface area (Å²) in [5, 5.41) is 0. The number of ether oxygens (including phenoxy) is 1. The number of carbonyl (C=O) groups is 1. The minimum atomic E-state index is -0.362. The average Bonchev–Trinajstić information content (AvgIpc) is 2.85. The number of benzene rings is 2. The molecular formula is C25H29Cl2FN4O2. The lowest BCUT2D eigenvalue weighted by molar-refractivity contribution is 0.0982. The Bertz CT molecular complexity index is 1030. The first-order chi connectivity index (χ1) is 15.7. The van der Waals surface area contributed by atoms with Gasteiger partial charge in [-0.2, -0.15) is 0 Å². The van der Waals surface area contributed by atoms with Gasteiger partial charge < -0.3 is 9.64 Å². The van der Waals surface area contributed by atoms with Crippen molar-refractivity contribution >= 4 is 42.2 Å². The van der Waals surface area contributed by atoms with Gasteiger partial charge in [0.15, 0.2) is 0 Å². The third-order valence-electron chi connectivity index (χ3n) is 5.70. The number of hydrogen-bond donors (Lipinski definition) is 0. The summed E-state index contributed by atoms with van der Waals surface area (Å²) < 4.78 is 18.8. The number of piperazine rings is 1. The number of carbonyl (C=O) groups excluding carboxylic acids is 1. The average molecular weight is 507 g/mol. The van der Waals surface area contributed by atoms with Crippen molar-refractivity contribution in [1.82, 2.24) is 9.88 Å². The van der Waals surface area contributed by atoms with Crippen molar-refractivity contribution in [2.45, 2.75) is 0 Å². The number of methoxy groups -OCH3 is 1. The molecule has 0 bridgehead atoms. The second-order valence-electron chi connectivity index (χ2n) is 7.65. The Morgan fingerprint density at radius 3 is 2.29 bits per heavy atom. The van der Waals surface area contributed by atoms with Crippen LogP contribution in [0.1, 0.15) is 10.4 Å². The predicted octanol–water partition coefficient (Wildman–Crippen LogP) is 4.54. The van der Waals surface area contributed by atoms with E-state index >= 15 is 0 Å². The minimum Gasteiger partial charge on any atom is -0.495 e. The molecule has 1 amide bonds. The maximum Gasteiger partial charge on any atom is 0.259 e. The van der Waals surface area contributed by atoms with Crippen molar-refractivity contribution < 1.29 is 13.9 Å². The number of anilines is 2. The van der Waals surface area contributed by atoms with Crippen molar-refractivity contribution in [3.05, 3.63) is 84.3 Å². The van der Waals surface area contributed by atoms with Gasteiger partial charge in [-0.1, -0.05) is 18.2 Å². The van der Waals surface area contributed by atoms with Crippen LogP contribution in [-0.4, -0.2) is 62.2 Å². The first kappa shape index (κ1) is 27.4. The van der Waals surface area contributed by atoms with Gasteiger partial charge in [0.05, 0.1) is 12.8 Å². The van der Waals surface area contributed by atoms with Gasteiger partial charge in [0.1, 0.15) is 17.4 Å². The van der Waals surface area contributed by atoms with Crippen LogP contribution in [0.3, 0.4) is 0 Å². The summed E-state index contributed by atoms with van der Waals surface area (Å²) in [4.78, 5) is 23.9. The molecule has 3 aromatic rings. The molecule has 34 heavy (non-hydrogen) atoms. The number of para-hydroxylation sites is 2. The maximum atomic E-state index is 13.3. The van der Waals surface area contributed by atoms with Gasteiger partial charge in [-0.3, -0.25) is 14.6 Å². The van der Waals surface area contributed by atoms with E-state index in [2.05, 4.69) is 20.9 Å². The number of amides is 1. The van der Waals surface area contributed by atoms with Crippen LogP contribution in [0.4, 0.5) is 15.9 Å². The van der Waals surface area contributed by atoms with Crippen LogP contribution >= 0.6 is 24.8 Å². The van der Waals surface area contributed by atoms with Crippen molar-refractivity contribution in [3.8, 4) is 5.75 Å². The third-order valence-corrected chi connectivity index (χ3v) is 5.70. The third kappa shape index (κ3) is 6.59. The van der Waals surface area contributed by atoms with E-state index in [1.165, 1.54) is 24.3 Å². The summed E-state index contributed by atoms with van der Waals surface area (Å²) >= 11 is 0. The van der Waals surface area contributed by atoms with E-state index in [0.29, 0.717) is 17.9 Å². The normalized spacial score (nSPS) is 13.4. The van der Waals surface area contributed by atoms with Gasteiger partial charge in [-0.15, -0.1) is 24.8 Å². The van der Waals surface area contributed by atoms with E-state index in [1.807, 2.05) is 36.4 Å². The fourth-order valence-electron chi connectivity index (χ4n) is 3.93. The summed E-state index contributed by atoms with van der Waals surface area (Å²) in [6, 6.07) is 19.2. The van der Waals surface area contributed by atoms with E-state index < -0.39 is 0 Å². The highest BCUT2D eigenvalue weighted by atomic mass is 35.5. The van der Waals surface area contributed by atoms with Crippen molar-refractivity contribution in [1.29, 1.82) is 0 Å². The zero-order chi connectivity index (χ0) is 22.3. The number of pyridine rings is 1. The Hall–Kier alpha value is -2.87. The van der Waals surface area contributed by atoms with Crippen LogP contribution in [0, 0.1) is 5.82 Å². The van der Waals surface area contributed by atoms with Crippen molar-refractivity contribution in [2.24, 2.45) is 0 Å². The molecule has 0 aliphatic carbocycles. The molecule has 0 unspecified atom stereocenters. The zero-order valence-corrected chi connectivity index (χ0v) is 20.6. The molecule has 0 spiro atoms. The Morgan fingerprint density at radius 1 is 0.971 bits per heavy atom. The van der Waals surface area contributed by atoms with E-state index in [0.717, 1.165) is 44.2 Å². The lowest BCUT2D eigenvalue weighted by Gasteiger charge is -2.37. The summed E-state index contributed by atoms with van der Waals surface area (Å²) in [5.74, 6) is 0.928. The topological polar surface area (TPSA) is 48.9 Å². The van der Waals surface area contributed by atoms with Crippen molar-refractivity contribution in [2.75, 3.05) is 56.2 Å². The number of aromatic nitrogens is 1. The number of nitrogens with zero attached hydrogens (tertiary/aromatic N) is 4. The van der Waals surface area contributed by atoms with Crippen LogP contribution < -0.4 is 14.5 Å². The number of halogens is 3. The molecule has 2 heterocycles. The van der Waals surface area contributed by atoms with Crippen LogP contribution in [0.5, 0.6) is 5.75 Å². The lowest BCUT2D eigenvalue weighted by atomic mass is 10.2. The number of hydrogen-bond acceptors (Lipinski definition) is 5. The Labute approximate surface area is 212 Å². The Balaban J connectivity index is 0.00000204. The largest absolute Gasteiger partial charge is 0.495 e. The van der Waals surface area contributed by atoms with E-state index in [9.17, 15) is 9.18 Å². The van der Waals surface area contributed by atoms with Crippen LogP contribution in [0.2, 0.25) is 0 Å². The highest BCUT2D eigenvalue weighted by Crippen LogP contribution is 2.28. The first-order valence-electron chi connectivity index (χ1n) is 10.7. The van der Waals surface area contributed by atoms with Gasteiger partial charge in [-0.05, 0) is 48.5 Å². The zero-order valence-electron chi connectivity index (χ0n) is 19.0. The molecule has 6 nitrogen and oxygen atoms in total. The second kappa shape index (κ2) is 13.1. The van der Waals surface area contributed by atoms with Gasteiger partial charge in [0, 0.05) is 51.0 Å². The second-order valence-corrected chi connectivity index (χ2v) is 7.65. The first-order valence-corrected chi connectivity index (χ1v) is 10.7. The van der Waals surface area contributed by atoms with Gasteiger partial charge in [-0.25, -0.2) is 9.37 Å². The molecule has 1 fully saturated rings. The smallest absolute Gasteiger partial charge is 0.259 e. The molecule has 9 heteroatoms. The summed E-state index contributed by atoms with van der Waals surface area (Å²) in [6.07, 6.45) is 1.67. The monoisotopic (exact) mass is 506 g/mol.